The summed E-state index contributed by atoms with van der Waals surface area (Å²) in [6.07, 6.45) is 3.09. The largest absolute Gasteiger partial charge is 0.382 e. The van der Waals surface area contributed by atoms with Crippen LogP contribution in [0, 0.1) is 13.8 Å². The van der Waals surface area contributed by atoms with Gasteiger partial charge in [-0.05, 0) is 52.2 Å². The van der Waals surface area contributed by atoms with Gasteiger partial charge in [0.2, 0.25) is 0 Å². The van der Waals surface area contributed by atoms with Gasteiger partial charge in [-0.3, -0.25) is 4.79 Å². The molecule has 130 valence electrons. The summed E-state index contributed by atoms with van der Waals surface area (Å²) in [5, 5.41) is 19.3. The number of H-pyrrole nitrogens is 1. The van der Waals surface area contributed by atoms with Crippen molar-refractivity contribution in [2.24, 2.45) is 0 Å². The molecular formula is C17H25N5O2. The number of aliphatic hydroxyl groups is 1. The number of nitrogens with one attached hydrogen (secondary N) is 1. The average molecular weight is 331 g/mol. The van der Waals surface area contributed by atoms with Crippen molar-refractivity contribution in [2.45, 2.75) is 52.2 Å². The van der Waals surface area contributed by atoms with Crippen LogP contribution in [0.4, 0.5) is 0 Å². The number of aromatic nitrogens is 4. The van der Waals surface area contributed by atoms with Gasteiger partial charge in [-0.25, -0.2) is 4.68 Å². The number of rotatable bonds is 3. The molecule has 0 bridgehead atoms. The number of piperidine rings is 1. The van der Waals surface area contributed by atoms with E-state index >= 15 is 0 Å². The molecule has 1 amide bonds. The average Bonchev–Trinajstić information content (AvgIpc) is 3.14. The van der Waals surface area contributed by atoms with Crippen molar-refractivity contribution in [2.75, 3.05) is 13.1 Å². The Labute approximate surface area is 141 Å². The first-order chi connectivity index (χ1) is 11.3. The zero-order chi connectivity index (χ0) is 17.5. The number of aromatic amines is 1. The minimum absolute atomic E-state index is 0.0741. The SMILES string of the molecule is Cc1cc(C)c(C(=O)N2CCC[C@](O)(c3cn(C(C)C)nn3)C2)[nH]1. The molecule has 0 aliphatic carbocycles. The highest BCUT2D eigenvalue weighted by Crippen LogP contribution is 2.31. The minimum Gasteiger partial charge on any atom is -0.382 e. The molecule has 1 aliphatic heterocycles. The number of aryl methyl sites for hydroxylation is 2. The van der Waals surface area contributed by atoms with Crippen molar-refractivity contribution in [3.8, 4) is 0 Å². The summed E-state index contributed by atoms with van der Waals surface area (Å²) in [5.41, 5.74) is 1.88. The second kappa shape index (κ2) is 6.05. The molecule has 3 heterocycles. The molecule has 2 aromatic heterocycles. The quantitative estimate of drug-likeness (QED) is 0.899. The second-order valence-electron chi connectivity index (χ2n) is 7.05. The molecule has 7 heteroatoms. The summed E-state index contributed by atoms with van der Waals surface area (Å²) in [6.45, 7) is 8.74. The summed E-state index contributed by atoms with van der Waals surface area (Å²) in [5.74, 6) is -0.0741. The van der Waals surface area contributed by atoms with E-state index < -0.39 is 5.60 Å². The third kappa shape index (κ3) is 2.96. The predicted molar refractivity (Wildman–Crippen MR) is 89.7 cm³/mol. The maximum atomic E-state index is 12.8. The maximum Gasteiger partial charge on any atom is 0.270 e. The van der Waals surface area contributed by atoms with E-state index in [2.05, 4.69) is 15.3 Å². The fraction of sp³-hybridized carbons (Fsp3) is 0.588. The van der Waals surface area contributed by atoms with Crippen molar-refractivity contribution in [1.82, 2.24) is 24.9 Å². The second-order valence-corrected chi connectivity index (χ2v) is 7.05. The van der Waals surface area contributed by atoms with Crippen LogP contribution in [0.2, 0.25) is 0 Å². The maximum absolute atomic E-state index is 12.8. The summed E-state index contributed by atoms with van der Waals surface area (Å²) < 4.78 is 1.73. The number of amides is 1. The van der Waals surface area contributed by atoms with Crippen molar-refractivity contribution in [1.29, 1.82) is 0 Å². The van der Waals surface area contributed by atoms with Crippen molar-refractivity contribution in [3.05, 3.63) is 34.9 Å². The van der Waals surface area contributed by atoms with Crippen LogP contribution in [-0.4, -0.2) is 49.0 Å². The Bertz CT molecular complexity index is 748. The molecule has 1 aliphatic rings. The molecule has 0 unspecified atom stereocenters. The van der Waals surface area contributed by atoms with Gasteiger partial charge in [0, 0.05) is 18.3 Å². The summed E-state index contributed by atoms with van der Waals surface area (Å²) >= 11 is 0. The molecule has 2 N–H and O–H groups in total. The summed E-state index contributed by atoms with van der Waals surface area (Å²) in [7, 11) is 0. The van der Waals surface area contributed by atoms with Crippen molar-refractivity contribution >= 4 is 5.91 Å². The standard InChI is InChI=1S/C17H25N5O2/c1-11(2)22-9-14(19-20-22)17(24)6-5-7-21(10-17)16(23)15-12(3)8-13(4)18-15/h8-9,11,18,24H,5-7,10H2,1-4H3/t17-/m1/s1. The third-order valence-corrected chi connectivity index (χ3v) is 4.64. The van der Waals surface area contributed by atoms with Crippen LogP contribution in [0.25, 0.3) is 0 Å². The Kier molecular flexibility index (Phi) is 4.21. The van der Waals surface area contributed by atoms with Crippen molar-refractivity contribution < 1.29 is 9.90 Å². The third-order valence-electron chi connectivity index (χ3n) is 4.64. The Morgan fingerprint density at radius 1 is 1.42 bits per heavy atom. The van der Waals surface area contributed by atoms with Gasteiger partial charge in [-0.15, -0.1) is 5.10 Å². The molecule has 1 fully saturated rings. The zero-order valence-corrected chi connectivity index (χ0v) is 14.7. The monoisotopic (exact) mass is 331 g/mol. The van der Waals surface area contributed by atoms with Crippen LogP contribution in [0.1, 0.15) is 60.2 Å². The van der Waals surface area contributed by atoms with E-state index in [0.717, 1.165) is 17.7 Å². The Morgan fingerprint density at radius 2 is 2.17 bits per heavy atom. The smallest absolute Gasteiger partial charge is 0.270 e. The van der Waals surface area contributed by atoms with E-state index in [1.807, 2.05) is 33.8 Å². The topological polar surface area (TPSA) is 87.0 Å². The van der Waals surface area contributed by atoms with Gasteiger partial charge in [-0.2, -0.15) is 0 Å². The van der Waals surface area contributed by atoms with Crippen LogP contribution in [0.15, 0.2) is 12.3 Å². The summed E-state index contributed by atoms with van der Waals surface area (Å²) in [4.78, 5) is 17.6. The first-order valence-corrected chi connectivity index (χ1v) is 8.40. The molecule has 1 saturated heterocycles. The van der Waals surface area contributed by atoms with Gasteiger partial charge in [0.25, 0.3) is 5.91 Å². The van der Waals surface area contributed by atoms with E-state index in [1.54, 1.807) is 15.8 Å². The normalized spacial score (nSPS) is 21.5. The zero-order valence-electron chi connectivity index (χ0n) is 14.7. The highest BCUT2D eigenvalue weighted by molar-refractivity contribution is 5.94. The van der Waals surface area contributed by atoms with Crippen LogP contribution >= 0.6 is 0 Å². The Hall–Kier alpha value is -2.15. The fourth-order valence-electron chi connectivity index (χ4n) is 3.27. The molecular weight excluding hydrogens is 306 g/mol. The Morgan fingerprint density at radius 3 is 2.75 bits per heavy atom. The number of β-amino-alcohol motifs (C(OH)–C–C–N with tert-alkyl or cyclic N) is 1. The van der Waals surface area contributed by atoms with Gasteiger partial charge in [0.05, 0.1) is 12.7 Å². The fourth-order valence-corrected chi connectivity index (χ4v) is 3.27. The minimum atomic E-state index is -1.14. The molecule has 3 rings (SSSR count). The summed E-state index contributed by atoms with van der Waals surface area (Å²) in [6, 6.07) is 2.14. The van der Waals surface area contributed by atoms with Crippen LogP contribution in [0.5, 0.6) is 0 Å². The molecule has 7 nitrogen and oxygen atoms in total. The number of likely N-dealkylation sites (tertiary alicyclic amines) is 1. The highest BCUT2D eigenvalue weighted by atomic mass is 16.3. The molecule has 0 radical (unpaired) electrons. The number of nitrogens with zero attached hydrogens (tertiary/aromatic N) is 4. The van der Waals surface area contributed by atoms with E-state index in [1.165, 1.54) is 0 Å². The number of hydrogen-bond donors (Lipinski definition) is 2. The molecule has 2 aromatic rings. The van der Waals surface area contributed by atoms with E-state index in [0.29, 0.717) is 24.4 Å². The van der Waals surface area contributed by atoms with Crippen LogP contribution in [0.3, 0.4) is 0 Å². The first-order valence-electron chi connectivity index (χ1n) is 8.40. The lowest BCUT2D eigenvalue weighted by molar-refractivity contribution is -0.0322. The van der Waals surface area contributed by atoms with Gasteiger partial charge < -0.3 is 15.0 Å². The lowest BCUT2D eigenvalue weighted by atomic mass is 9.89. The highest BCUT2D eigenvalue weighted by Gasteiger charge is 2.39. The molecule has 0 saturated carbocycles. The molecule has 1 atom stereocenters. The predicted octanol–water partition coefficient (Wildman–Crippen LogP) is 1.93. The number of carbonyl (C=O) groups excluding carboxylic acids is 1. The van der Waals surface area contributed by atoms with Gasteiger partial charge in [-0.1, -0.05) is 5.21 Å². The van der Waals surface area contributed by atoms with E-state index in [-0.39, 0.29) is 18.5 Å². The van der Waals surface area contributed by atoms with Gasteiger partial charge >= 0.3 is 0 Å². The Balaban J connectivity index is 1.82. The van der Waals surface area contributed by atoms with E-state index in [4.69, 9.17) is 0 Å². The lowest BCUT2D eigenvalue weighted by Crippen LogP contribution is -2.49. The molecule has 0 aromatic carbocycles. The molecule has 0 spiro atoms. The van der Waals surface area contributed by atoms with Crippen molar-refractivity contribution in [3.63, 3.8) is 0 Å². The van der Waals surface area contributed by atoms with Crippen LogP contribution in [-0.2, 0) is 5.60 Å². The molecule has 24 heavy (non-hydrogen) atoms. The van der Waals surface area contributed by atoms with E-state index in [9.17, 15) is 9.90 Å². The first kappa shape index (κ1) is 16.7. The lowest BCUT2D eigenvalue weighted by Gasteiger charge is -2.37. The van der Waals surface area contributed by atoms with Gasteiger partial charge in [0.1, 0.15) is 17.0 Å². The van der Waals surface area contributed by atoms with Crippen LogP contribution < -0.4 is 0 Å². The van der Waals surface area contributed by atoms with Gasteiger partial charge in [0.15, 0.2) is 0 Å². The number of hydrogen-bond acceptors (Lipinski definition) is 4. The number of carbonyl (C=O) groups is 1.